The Morgan fingerprint density at radius 3 is 2.74 bits per heavy atom. The highest BCUT2D eigenvalue weighted by Crippen LogP contribution is 2.23. The van der Waals surface area contributed by atoms with Crippen molar-refractivity contribution in [2.45, 2.75) is 39.5 Å². The first kappa shape index (κ1) is 15.5. The predicted octanol–water partition coefficient (Wildman–Crippen LogP) is 3.70. The largest absolute Gasteiger partial charge is 0.492 e. The van der Waals surface area contributed by atoms with Crippen LogP contribution in [0, 0.1) is 17.1 Å². The van der Waals surface area contributed by atoms with E-state index in [1.807, 2.05) is 0 Å². The third-order valence-corrected chi connectivity index (χ3v) is 3.26. The minimum Gasteiger partial charge on any atom is -0.492 e. The SMILES string of the molecule is CCCCC(CC)COc1cccc(F)c1C(=N)N. The van der Waals surface area contributed by atoms with Gasteiger partial charge in [0.25, 0.3) is 0 Å². The van der Waals surface area contributed by atoms with Crippen molar-refractivity contribution in [3.63, 3.8) is 0 Å². The summed E-state index contributed by atoms with van der Waals surface area (Å²) in [6.45, 7) is 4.83. The summed E-state index contributed by atoms with van der Waals surface area (Å²) in [4.78, 5) is 0. The highest BCUT2D eigenvalue weighted by atomic mass is 19.1. The highest BCUT2D eigenvalue weighted by Gasteiger charge is 2.14. The molecule has 1 rings (SSSR count). The minimum atomic E-state index is -0.508. The average Bonchev–Trinajstić information content (AvgIpc) is 2.38. The van der Waals surface area contributed by atoms with Crippen LogP contribution in [0.15, 0.2) is 18.2 Å². The van der Waals surface area contributed by atoms with Crippen LogP contribution in [0.4, 0.5) is 4.39 Å². The first-order valence-corrected chi connectivity index (χ1v) is 6.85. The molecule has 4 heteroatoms. The molecule has 0 amide bonds. The molecule has 3 N–H and O–H groups in total. The number of ether oxygens (including phenoxy) is 1. The van der Waals surface area contributed by atoms with Gasteiger partial charge in [-0.15, -0.1) is 0 Å². The third-order valence-electron chi connectivity index (χ3n) is 3.26. The number of hydrogen-bond acceptors (Lipinski definition) is 2. The third kappa shape index (κ3) is 4.54. The van der Waals surface area contributed by atoms with Crippen molar-refractivity contribution in [1.29, 1.82) is 5.41 Å². The van der Waals surface area contributed by atoms with Crippen molar-refractivity contribution >= 4 is 5.84 Å². The van der Waals surface area contributed by atoms with Crippen molar-refractivity contribution in [2.75, 3.05) is 6.61 Å². The first-order chi connectivity index (χ1) is 9.10. The van der Waals surface area contributed by atoms with Gasteiger partial charge in [-0.3, -0.25) is 5.41 Å². The molecule has 0 aliphatic rings. The van der Waals surface area contributed by atoms with Gasteiger partial charge >= 0.3 is 0 Å². The zero-order chi connectivity index (χ0) is 14.3. The molecule has 0 aliphatic carbocycles. The van der Waals surface area contributed by atoms with E-state index in [0.717, 1.165) is 19.3 Å². The summed E-state index contributed by atoms with van der Waals surface area (Å²) >= 11 is 0. The van der Waals surface area contributed by atoms with Gasteiger partial charge in [0.05, 0.1) is 12.2 Å². The summed E-state index contributed by atoms with van der Waals surface area (Å²) in [6.07, 6.45) is 4.47. The second kappa shape index (κ2) is 7.77. The smallest absolute Gasteiger partial charge is 0.137 e. The van der Waals surface area contributed by atoms with Gasteiger partial charge in [0.2, 0.25) is 0 Å². The van der Waals surface area contributed by atoms with E-state index in [9.17, 15) is 4.39 Å². The Labute approximate surface area is 114 Å². The molecule has 1 aromatic carbocycles. The maximum absolute atomic E-state index is 13.6. The fourth-order valence-corrected chi connectivity index (χ4v) is 1.99. The van der Waals surface area contributed by atoms with Gasteiger partial charge in [0.15, 0.2) is 0 Å². The molecule has 19 heavy (non-hydrogen) atoms. The summed E-state index contributed by atoms with van der Waals surface area (Å²) in [7, 11) is 0. The van der Waals surface area contributed by atoms with Gasteiger partial charge in [0, 0.05) is 0 Å². The zero-order valence-corrected chi connectivity index (χ0v) is 11.7. The van der Waals surface area contributed by atoms with Crippen LogP contribution in [0.3, 0.4) is 0 Å². The molecule has 1 aromatic rings. The summed E-state index contributed by atoms with van der Waals surface area (Å²) in [5.74, 6) is 0.0202. The number of unbranched alkanes of at least 4 members (excludes halogenated alkanes) is 1. The van der Waals surface area contributed by atoms with Gasteiger partial charge < -0.3 is 10.5 Å². The van der Waals surface area contributed by atoms with Crippen LogP contribution >= 0.6 is 0 Å². The van der Waals surface area contributed by atoms with Crippen LogP contribution < -0.4 is 10.5 Å². The zero-order valence-electron chi connectivity index (χ0n) is 11.7. The van der Waals surface area contributed by atoms with Crippen LogP contribution in [0.5, 0.6) is 5.75 Å². The number of hydrogen-bond donors (Lipinski definition) is 2. The Balaban J connectivity index is 2.71. The number of nitrogens with one attached hydrogen (secondary N) is 1. The maximum atomic E-state index is 13.6. The van der Waals surface area contributed by atoms with E-state index in [4.69, 9.17) is 15.9 Å². The molecule has 0 radical (unpaired) electrons. The molecule has 1 unspecified atom stereocenters. The number of amidine groups is 1. The molecule has 1 atom stereocenters. The van der Waals surface area contributed by atoms with Crippen LogP contribution in [0.1, 0.15) is 45.1 Å². The van der Waals surface area contributed by atoms with Crippen molar-refractivity contribution in [3.05, 3.63) is 29.6 Å². The van der Waals surface area contributed by atoms with E-state index in [1.165, 1.54) is 12.5 Å². The summed E-state index contributed by atoms with van der Waals surface area (Å²) in [5.41, 5.74) is 5.46. The standard InChI is InChI=1S/C15H23FN2O/c1-3-5-7-11(4-2)10-19-13-9-6-8-12(16)14(13)15(17)18/h6,8-9,11H,3-5,7,10H2,1-2H3,(H3,17,18). The fourth-order valence-electron chi connectivity index (χ4n) is 1.99. The van der Waals surface area contributed by atoms with E-state index < -0.39 is 5.82 Å². The molecule has 0 aliphatic heterocycles. The van der Waals surface area contributed by atoms with E-state index >= 15 is 0 Å². The molecular weight excluding hydrogens is 243 g/mol. The monoisotopic (exact) mass is 266 g/mol. The second-order valence-corrected chi connectivity index (χ2v) is 4.75. The van der Waals surface area contributed by atoms with E-state index in [2.05, 4.69) is 13.8 Å². The fraction of sp³-hybridized carbons (Fsp3) is 0.533. The van der Waals surface area contributed by atoms with Crippen molar-refractivity contribution in [2.24, 2.45) is 11.7 Å². The van der Waals surface area contributed by atoms with E-state index in [1.54, 1.807) is 12.1 Å². The van der Waals surface area contributed by atoms with Crippen molar-refractivity contribution < 1.29 is 9.13 Å². The van der Waals surface area contributed by atoms with E-state index in [-0.39, 0.29) is 11.4 Å². The lowest BCUT2D eigenvalue weighted by molar-refractivity contribution is 0.232. The quantitative estimate of drug-likeness (QED) is 0.556. The Kier molecular flexibility index (Phi) is 6.33. The van der Waals surface area contributed by atoms with E-state index in [0.29, 0.717) is 18.3 Å². The number of nitrogens with two attached hydrogens (primary N) is 1. The Hall–Kier alpha value is -1.58. The second-order valence-electron chi connectivity index (χ2n) is 4.75. The van der Waals surface area contributed by atoms with Gasteiger partial charge in [-0.05, 0) is 24.5 Å². The molecule has 0 bridgehead atoms. The topological polar surface area (TPSA) is 59.1 Å². The Morgan fingerprint density at radius 1 is 1.42 bits per heavy atom. The van der Waals surface area contributed by atoms with Crippen LogP contribution in [-0.2, 0) is 0 Å². The molecule has 0 heterocycles. The normalized spacial score (nSPS) is 12.2. The number of halogens is 1. The Morgan fingerprint density at radius 2 is 2.16 bits per heavy atom. The molecule has 0 saturated carbocycles. The minimum absolute atomic E-state index is 0.0628. The van der Waals surface area contributed by atoms with Crippen LogP contribution in [0.25, 0.3) is 0 Å². The van der Waals surface area contributed by atoms with Gasteiger partial charge in [-0.1, -0.05) is 39.2 Å². The maximum Gasteiger partial charge on any atom is 0.137 e. The van der Waals surface area contributed by atoms with Gasteiger partial charge in [-0.2, -0.15) is 0 Å². The molecule has 106 valence electrons. The number of nitrogen functional groups attached to an aromatic ring is 1. The lowest BCUT2D eigenvalue weighted by atomic mass is 10.0. The van der Waals surface area contributed by atoms with Crippen molar-refractivity contribution in [3.8, 4) is 5.75 Å². The highest BCUT2D eigenvalue weighted by molar-refractivity contribution is 5.97. The summed E-state index contributed by atoms with van der Waals surface area (Å²) in [5, 5.41) is 7.42. The lowest BCUT2D eigenvalue weighted by Gasteiger charge is -2.17. The molecule has 0 fully saturated rings. The number of benzene rings is 1. The summed E-state index contributed by atoms with van der Waals surface area (Å²) < 4.78 is 19.3. The Bertz CT molecular complexity index is 421. The summed E-state index contributed by atoms with van der Waals surface area (Å²) in [6, 6.07) is 4.52. The molecule has 0 spiro atoms. The van der Waals surface area contributed by atoms with Crippen molar-refractivity contribution in [1.82, 2.24) is 0 Å². The van der Waals surface area contributed by atoms with Crippen LogP contribution in [0.2, 0.25) is 0 Å². The van der Waals surface area contributed by atoms with Crippen LogP contribution in [-0.4, -0.2) is 12.4 Å². The number of rotatable bonds is 8. The van der Waals surface area contributed by atoms with Gasteiger partial charge in [0.1, 0.15) is 17.4 Å². The lowest BCUT2D eigenvalue weighted by Crippen LogP contribution is -2.17. The first-order valence-electron chi connectivity index (χ1n) is 6.85. The average molecular weight is 266 g/mol. The molecular formula is C15H23FN2O. The molecule has 3 nitrogen and oxygen atoms in total. The van der Waals surface area contributed by atoms with Gasteiger partial charge in [-0.25, -0.2) is 4.39 Å². The predicted molar refractivity (Wildman–Crippen MR) is 76.2 cm³/mol. The molecule has 0 aromatic heterocycles. The molecule has 0 saturated heterocycles.